The molecule has 5 aromatic rings. The zero-order valence-electron chi connectivity index (χ0n) is 18.0. The molecule has 0 aliphatic heterocycles. The summed E-state index contributed by atoms with van der Waals surface area (Å²) in [5.41, 5.74) is 3.63. The molecular formula is C29H26N2O. The van der Waals surface area contributed by atoms with Gasteiger partial charge < -0.3 is 4.57 Å². The van der Waals surface area contributed by atoms with Gasteiger partial charge in [0.1, 0.15) is 0 Å². The number of pyridine rings is 1. The first-order valence-corrected chi connectivity index (χ1v) is 11.1. The second kappa shape index (κ2) is 9.21. The molecule has 1 aromatic heterocycles. The van der Waals surface area contributed by atoms with E-state index in [2.05, 4.69) is 65.6 Å². The van der Waals surface area contributed by atoms with E-state index in [1.165, 1.54) is 11.1 Å². The van der Waals surface area contributed by atoms with Crippen LogP contribution < -0.4 is 5.56 Å². The van der Waals surface area contributed by atoms with Crippen molar-refractivity contribution in [2.45, 2.75) is 19.6 Å². The molecule has 5 rings (SSSR count). The van der Waals surface area contributed by atoms with E-state index in [4.69, 9.17) is 0 Å². The highest BCUT2D eigenvalue weighted by Gasteiger charge is 2.13. The Kier molecular flexibility index (Phi) is 5.82. The second-order valence-electron chi connectivity index (χ2n) is 8.20. The predicted octanol–water partition coefficient (Wildman–Crippen LogP) is 5.86. The van der Waals surface area contributed by atoms with Gasteiger partial charge in [0.2, 0.25) is 0 Å². The lowest BCUT2D eigenvalue weighted by molar-refractivity contribution is 0.246. The molecule has 4 aromatic carbocycles. The summed E-state index contributed by atoms with van der Waals surface area (Å²) in [7, 11) is 0. The lowest BCUT2D eigenvalue weighted by atomic mass is 10.1. The van der Waals surface area contributed by atoms with Crippen molar-refractivity contribution in [1.82, 2.24) is 9.47 Å². The van der Waals surface area contributed by atoms with Crippen LogP contribution in [0.2, 0.25) is 0 Å². The number of rotatable bonds is 7. The maximum absolute atomic E-state index is 13.4. The normalized spacial score (nSPS) is 11.4. The third kappa shape index (κ3) is 4.20. The van der Waals surface area contributed by atoms with Crippen molar-refractivity contribution in [3.05, 3.63) is 131 Å². The lowest BCUT2D eigenvalue weighted by Gasteiger charge is -2.24. The number of benzene rings is 4. The molecule has 0 saturated heterocycles. The molecule has 0 saturated carbocycles. The van der Waals surface area contributed by atoms with Gasteiger partial charge in [-0.2, -0.15) is 0 Å². The summed E-state index contributed by atoms with van der Waals surface area (Å²) >= 11 is 0. The van der Waals surface area contributed by atoms with Gasteiger partial charge in [0.15, 0.2) is 0 Å². The molecule has 3 heteroatoms. The fourth-order valence-corrected chi connectivity index (χ4v) is 4.46. The van der Waals surface area contributed by atoms with E-state index < -0.39 is 0 Å². The summed E-state index contributed by atoms with van der Waals surface area (Å²) in [6, 6.07) is 37.2. The zero-order chi connectivity index (χ0) is 21.8. The van der Waals surface area contributed by atoms with Crippen LogP contribution in [0.5, 0.6) is 0 Å². The minimum atomic E-state index is 0.0821. The van der Waals surface area contributed by atoms with Crippen molar-refractivity contribution in [3.63, 3.8) is 0 Å². The Labute approximate surface area is 188 Å². The van der Waals surface area contributed by atoms with Crippen molar-refractivity contribution in [1.29, 1.82) is 0 Å². The molecule has 32 heavy (non-hydrogen) atoms. The molecular weight excluding hydrogens is 392 g/mol. The smallest absolute Gasteiger partial charge is 0.258 e. The van der Waals surface area contributed by atoms with Gasteiger partial charge >= 0.3 is 0 Å². The van der Waals surface area contributed by atoms with E-state index in [-0.39, 0.29) is 5.56 Å². The molecule has 0 fully saturated rings. The van der Waals surface area contributed by atoms with E-state index in [1.807, 2.05) is 53.1 Å². The van der Waals surface area contributed by atoms with Gasteiger partial charge in [-0.1, -0.05) is 97.1 Å². The highest BCUT2D eigenvalue weighted by molar-refractivity contribution is 6.05. The maximum Gasteiger partial charge on any atom is 0.258 e. The number of hydrogen-bond acceptors (Lipinski definition) is 2. The third-order valence-corrected chi connectivity index (χ3v) is 6.03. The number of aromatic nitrogens is 1. The molecule has 0 spiro atoms. The van der Waals surface area contributed by atoms with E-state index in [9.17, 15) is 4.79 Å². The van der Waals surface area contributed by atoms with Crippen molar-refractivity contribution >= 4 is 21.7 Å². The molecule has 0 amide bonds. The largest absolute Gasteiger partial charge is 0.306 e. The minimum absolute atomic E-state index is 0.0821. The van der Waals surface area contributed by atoms with Gasteiger partial charge in [-0.25, -0.2) is 0 Å². The minimum Gasteiger partial charge on any atom is -0.306 e. The van der Waals surface area contributed by atoms with Crippen LogP contribution in [0.25, 0.3) is 21.7 Å². The van der Waals surface area contributed by atoms with Crippen molar-refractivity contribution in [3.8, 4) is 0 Å². The first-order chi connectivity index (χ1) is 15.8. The molecule has 0 N–H and O–H groups in total. The second-order valence-corrected chi connectivity index (χ2v) is 8.20. The Morgan fingerprint density at radius 3 is 1.69 bits per heavy atom. The van der Waals surface area contributed by atoms with Crippen LogP contribution in [0.4, 0.5) is 0 Å². The van der Waals surface area contributed by atoms with Crippen molar-refractivity contribution in [2.24, 2.45) is 0 Å². The molecule has 0 aliphatic rings. The van der Waals surface area contributed by atoms with Gasteiger partial charge in [0, 0.05) is 37.0 Å². The fourth-order valence-electron chi connectivity index (χ4n) is 4.46. The Hall–Kier alpha value is -3.69. The monoisotopic (exact) mass is 418 g/mol. The highest BCUT2D eigenvalue weighted by Crippen LogP contribution is 2.22. The number of nitrogens with zero attached hydrogens (tertiary/aromatic N) is 2. The van der Waals surface area contributed by atoms with E-state index >= 15 is 0 Å². The van der Waals surface area contributed by atoms with E-state index in [1.54, 1.807) is 0 Å². The average molecular weight is 419 g/mol. The van der Waals surface area contributed by atoms with Crippen LogP contribution >= 0.6 is 0 Å². The van der Waals surface area contributed by atoms with Crippen LogP contribution in [0.1, 0.15) is 11.1 Å². The Morgan fingerprint density at radius 1 is 0.562 bits per heavy atom. The molecule has 0 unspecified atom stereocenters. The van der Waals surface area contributed by atoms with Gasteiger partial charge in [-0.3, -0.25) is 9.69 Å². The molecule has 1 heterocycles. The quantitative estimate of drug-likeness (QED) is 0.310. The predicted molar refractivity (Wildman–Crippen MR) is 133 cm³/mol. The number of hydrogen-bond donors (Lipinski definition) is 0. The van der Waals surface area contributed by atoms with Crippen LogP contribution in [0, 0.1) is 0 Å². The van der Waals surface area contributed by atoms with Gasteiger partial charge in [-0.05, 0) is 28.6 Å². The summed E-state index contributed by atoms with van der Waals surface area (Å²) < 4.78 is 1.95. The van der Waals surface area contributed by atoms with E-state index in [0.29, 0.717) is 6.54 Å². The Balaban J connectivity index is 1.49. The number of para-hydroxylation sites is 1. The average Bonchev–Trinajstić information content (AvgIpc) is 2.85. The van der Waals surface area contributed by atoms with Crippen LogP contribution in [-0.4, -0.2) is 16.0 Å². The summed E-state index contributed by atoms with van der Waals surface area (Å²) in [6.07, 6.45) is 0. The standard InChI is InChI=1S/C29H26N2O/c32-29-27-17-8-7-15-25(27)26-16-9-10-18-28(26)31(29)20-19-30(21-23-11-3-1-4-12-23)22-24-13-5-2-6-14-24/h1-18H,19-22H2. The summed E-state index contributed by atoms with van der Waals surface area (Å²) in [6.45, 7) is 3.11. The molecule has 0 aliphatic carbocycles. The first kappa shape index (κ1) is 20.2. The van der Waals surface area contributed by atoms with E-state index in [0.717, 1.165) is 41.3 Å². The highest BCUT2D eigenvalue weighted by atomic mass is 16.1. The summed E-state index contributed by atoms with van der Waals surface area (Å²) in [5.74, 6) is 0. The van der Waals surface area contributed by atoms with Gasteiger partial charge in [0.05, 0.1) is 5.52 Å². The lowest BCUT2D eigenvalue weighted by Crippen LogP contribution is -2.31. The van der Waals surface area contributed by atoms with Crippen LogP contribution in [0.3, 0.4) is 0 Å². The molecule has 3 nitrogen and oxygen atoms in total. The Bertz CT molecular complexity index is 1350. The maximum atomic E-state index is 13.4. The van der Waals surface area contributed by atoms with Gasteiger partial charge in [-0.15, -0.1) is 0 Å². The fraction of sp³-hybridized carbons (Fsp3) is 0.138. The molecule has 0 atom stereocenters. The zero-order valence-corrected chi connectivity index (χ0v) is 18.0. The number of fused-ring (bicyclic) bond motifs is 3. The first-order valence-electron chi connectivity index (χ1n) is 11.1. The Morgan fingerprint density at radius 2 is 1.06 bits per heavy atom. The van der Waals surface area contributed by atoms with Crippen LogP contribution in [0.15, 0.2) is 114 Å². The third-order valence-electron chi connectivity index (χ3n) is 6.03. The molecule has 158 valence electrons. The molecule has 0 radical (unpaired) electrons. The SMILES string of the molecule is O=c1c2ccccc2c2ccccc2n1CCN(Cc1ccccc1)Cc1ccccc1. The molecule has 0 bridgehead atoms. The van der Waals surface area contributed by atoms with Crippen molar-refractivity contribution in [2.75, 3.05) is 6.54 Å². The van der Waals surface area contributed by atoms with Crippen LogP contribution in [-0.2, 0) is 19.6 Å². The topological polar surface area (TPSA) is 25.2 Å². The van der Waals surface area contributed by atoms with Gasteiger partial charge in [0.25, 0.3) is 5.56 Å². The summed E-state index contributed by atoms with van der Waals surface area (Å²) in [5, 5.41) is 2.93. The summed E-state index contributed by atoms with van der Waals surface area (Å²) in [4.78, 5) is 15.8. The van der Waals surface area contributed by atoms with Crippen molar-refractivity contribution < 1.29 is 0 Å².